The molecule has 1 amide bonds. The molecular formula is C21H17Br2Cl2N3O2. The predicted octanol–water partition coefficient (Wildman–Crippen LogP) is 6.46. The van der Waals surface area contributed by atoms with Crippen LogP contribution >= 0.6 is 55.1 Å². The van der Waals surface area contributed by atoms with E-state index in [9.17, 15) is 4.79 Å². The smallest absolute Gasteiger partial charge is 0.277 e. The van der Waals surface area contributed by atoms with Crippen LogP contribution in [0.3, 0.4) is 0 Å². The lowest BCUT2D eigenvalue weighted by molar-refractivity contribution is -0.123. The second-order valence-corrected chi connectivity index (χ2v) is 8.92. The Hall–Kier alpha value is -1.80. The van der Waals surface area contributed by atoms with Crippen LogP contribution in [0.25, 0.3) is 5.69 Å². The van der Waals surface area contributed by atoms with Crippen molar-refractivity contribution < 1.29 is 9.53 Å². The highest BCUT2D eigenvalue weighted by atomic mass is 79.9. The van der Waals surface area contributed by atoms with E-state index in [2.05, 4.69) is 47.0 Å². The number of nitrogens with one attached hydrogen (secondary N) is 1. The van der Waals surface area contributed by atoms with Crippen LogP contribution in [-0.4, -0.2) is 23.3 Å². The number of benzene rings is 2. The molecule has 30 heavy (non-hydrogen) atoms. The Morgan fingerprint density at radius 3 is 2.50 bits per heavy atom. The zero-order chi connectivity index (χ0) is 21.8. The van der Waals surface area contributed by atoms with E-state index in [1.165, 1.54) is 0 Å². The first kappa shape index (κ1) is 22.9. The number of halogens is 4. The van der Waals surface area contributed by atoms with Crippen molar-refractivity contribution in [3.05, 3.63) is 78.4 Å². The summed E-state index contributed by atoms with van der Waals surface area (Å²) >= 11 is 18.9. The number of ether oxygens (including phenoxy) is 1. The molecule has 0 aliphatic carbocycles. The summed E-state index contributed by atoms with van der Waals surface area (Å²) in [6.45, 7) is 3.78. The molecule has 0 bridgehead atoms. The number of carbonyl (C=O) groups is 1. The first-order chi connectivity index (χ1) is 14.3. The standard InChI is InChI=1S/C21H17Br2Cl2N3O2/c1-12-17(21(23)13(2)28(12)16-6-3-14(22)4-7-16)10-26-27-20(29)11-30-19-8-5-15(24)9-18(19)25/h3-10H,11H2,1-2H3,(H,27,29)/b26-10+. The van der Waals surface area contributed by atoms with Crippen LogP contribution in [0.2, 0.25) is 10.0 Å². The van der Waals surface area contributed by atoms with Crippen molar-refractivity contribution in [1.82, 2.24) is 9.99 Å². The van der Waals surface area contributed by atoms with Gasteiger partial charge in [-0.2, -0.15) is 5.10 Å². The number of hydrogen-bond acceptors (Lipinski definition) is 3. The van der Waals surface area contributed by atoms with E-state index in [0.717, 1.165) is 31.6 Å². The summed E-state index contributed by atoms with van der Waals surface area (Å²) in [7, 11) is 0. The molecule has 0 aliphatic heterocycles. The maximum absolute atomic E-state index is 12.0. The van der Waals surface area contributed by atoms with Crippen molar-refractivity contribution in [2.24, 2.45) is 5.10 Å². The molecule has 2 aromatic carbocycles. The first-order valence-electron chi connectivity index (χ1n) is 8.81. The molecule has 5 nitrogen and oxygen atoms in total. The molecule has 0 unspecified atom stereocenters. The van der Waals surface area contributed by atoms with Crippen molar-refractivity contribution in [1.29, 1.82) is 0 Å². The third kappa shape index (κ3) is 5.27. The maximum atomic E-state index is 12.0. The number of aromatic nitrogens is 1. The van der Waals surface area contributed by atoms with Gasteiger partial charge in [0.1, 0.15) is 5.75 Å². The summed E-state index contributed by atoms with van der Waals surface area (Å²) in [6, 6.07) is 12.8. The zero-order valence-corrected chi connectivity index (χ0v) is 20.7. The Bertz CT molecular complexity index is 1110. The van der Waals surface area contributed by atoms with Gasteiger partial charge < -0.3 is 9.30 Å². The van der Waals surface area contributed by atoms with Gasteiger partial charge in [0, 0.05) is 36.6 Å². The van der Waals surface area contributed by atoms with Crippen molar-refractivity contribution in [2.75, 3.05) is 6.61 Å². The van der Waals surface area contributed by atoms with Crippen LogP contribution in [0.1, 0.15) is 17.0 Å². The van der Waals surface area contributed by atoms with Crippen LogP contribution in [0, 0.1) is 13.8 Å². The Kier molecular flexibility index (Phi) is 7.63. The average molecular weight is 574 g/mol. The van der Waals surface area contributed by atoms with Gasteiger partial charge in [-0.05, 0) is 72.2 Å². The fraction of sp³-hybridized carbons (Fsp3) is 0.143. The van der Waals surface area contributed by atoms with Gasteiger partial charge in [-0.1, -0.05) is 39.1 Å². The lowest BCUT2D eigenvalue weighted by Crippen LogP contribution is -2.24. The first-order valence-corrected chi connectivity index (χ1v) is 11.1. The Morgan fingerprint density at radius 1 is 1.13 bits per heavy atom. The minimum Gasteiger partial charge on any atom is -0.482 e. The molecule has 3 rings (SSSR count). The van der Waals surface area contributed by atoms with Crippen LogP contribution < -0.4 is 10.2 Å². The van der Waals surface area contributed by atoms with Gasteiger partial charge >= 0.3 is 0 Å². The molecule has 156 valence electrons. The number of hydrogen-bond donors (Lipinski definition) is 1. The second-order valence-electron chi connectivity index (χ2n) is 6.37. The lowest BCUT2D eigenvalue weighted by Gasteiger charge is -2.09. The molecule has 0 radical (unpaired) electrons. The molecule has 1 heterocycles. The molecule has 1 aromatic heterocycles. The van der Waals surface area contributed by atoms with Gasteiger partial charge in [0.2, 0.25) is 0 Å². The largest absolute Gasteiger partial charge is 0.482 e. The molecule has 0 saturated heterocycles. The summed E-state index contributed by atoms with van der Waals surface area (Å²) < 4.78 is 9.44. The van der Waals surface area contributed by atoms with E-state index in [-0.39, 0.29) is 6.61 Å². The SMILES string of the molecule is Cc1c(Br)c(/C=N/NC(=O)COc2ccc(Cl)cc2Cl)c(C)n1-c1ccc(Br)cc1. The molecule has 0 spiro atoms. The lowest BCUT2D eigenvalue weighted by atomic mass is 10.2. The van der Waals surface area contributed by atoms with Gasteiger partial charge in [0.05, 0.1) is 11.2 Å². The van der Waals surface area contributed by atoms with Gasteiger partial charge in [-0.3, -0.25) is 4.79 Å². The highest BCUT2D eigenvalue weighted by Crippen LogP contribution is 2.30. The predicted molar refractivity (Wildman–Crippen MR) is 128 cm³/mol. The molecule has 1 N–H and O–H groups in total. The minimum absolute atomic E-state index is 0.224. The minimum atomic E-state index is -0.407. The topological polar surface area (TPSA) is 55.6 Å². The van der Waals surface area contributed by atoms with Crippen molar-refractivity contribution in [3.63, 3.8) is 0 Å². The summed E-state index contributed by atoms with van der Waals surface area (Å²) in [4.78, 5) is 12.0. The Labute approximate surface area is 201 Å². The van der Waals surface area contributed by atoms with Crippen LogP contribution in [0.15, 0.2) is 56.5 Å². The summed E-state index contributed by atoms with van der Waals surface area (Å²) in [5.74, 6) is -0.0314. The molecule has 0 fully saturated rings. The number of rotatable bonds is 6. The molecular weight excluding hydrogens is 557 g/mol. The Balaban J connectivity index is 1.68. The van der Waals surface area contributed by atoms with Gasteiger partial charge in [-0.15, -0.1) is 0 Å². The number of nitrogens with zero attached hydrogens (tertiary/aromatic N) is 2. The molecule has 0 saturated carbocycles. The van der Waals surface area contributed by atoms with E-state index in [1.807, 2.05) is 38.1 Å². The normalized spacial score (nSPS) is 11.1. The fourth-order valence-electron chi connectivity index (χ4n) is 2.89. The third-order valence-corrected chi connectivity index (χ3v) is 6.40. The highest BCUT2D eigenvalue weighted by Gasteiger charge is 2.16. The monoisotopic (exact) mass is 571 g/mol. The number of amides is 1. The molecule has 0 aliphatic rings. The van der Waals surface area contributed by atoms with Gasteiger partial charge in [0.15, 0.2) is 6.61 Å². The van der Waals surface area contributed by atoms with Gasteiger partial charge in [0.25, 0.3) is 5.91 Å². The van der Waals surface area contributed by atoms with Crippen molar-refractivity contribution >= 4 is 67.2 Å². The summed E-state index contributed by atoms with van der Waals surface area (Å²) in [5, 5.41) is 4.89. The molecule has 9 heteroatoms. The summed E-state index contributed by atoms with van der Waals surface area (Å²) in [6.07, 6.45) is 1.61. The second kappa shape index (κ2) is 10.0. The van der Waals surface area contributed by atoms with Crippen molar-refractivity contribution in [2.45, 2.75) is 13.8 Å². The Morgan fingerprint density at radius 2 is 1.83 bits per heavy atom. The highest BCUT2D eigenvalue weighted by molar-refractivity contribution is 9.10. The van der Waals surface area contributed by atoms with E-state index >= 15 is 0 Å². The number of carbonyl (C=O) groups excluding carboxylic acids is 1. The van der Waals surface area contributed by atoms with Gasteiger partial charge in [-0.25, -0.2) is 5.43 Å². The molecule has 0 atom stereocenters. The molecule has 3 aromatic rings. The average Bonchev–Trinajstić information content (AvgIpc) is 2.91. The fourth-order valence-corrected chi connectivity index (χ4v) is 4.18. The van der Waals surface area contributed by atoms with Crippen molar-refractivity contribution in [3.8, 4) is 11.4 Å². The maximum Gasteiger partial charge on any atom is 0.277 e. The van der Waals surface area contributed by atoms with E-state index in [0.29, 0.717) is 15.8 Å². The van der Waals surface area contributed by atoms with Crippen LogP contribution in [-0.2, 0) is 4.79 Å². The number of hydrazone groups is 1. The van der Waals surface area contributed by atoms with Crippen LogP contribution in [0.4, 0.5) is 0 Å². The van der Waals surface area contributed by atoms with E-state index in [4.69, 9.17) is 27.9 Å². The quantitative estimate of drug-likeness (QED) is 0.272. The summed E-state index contributed by atoms with van der Waals surface area (Å²) in [5.41, 5.74) is 6.39. The van der Waals surface area contributed by atoms with Crippen LogP contribution in [0.5, 0.6) is 5.75 Å². The third-order valence-electron chi connectivity index (χ3n) is 4.34. The van der Waals surface area contributed by atoms with E-state index in [1.54, 1.807) is 24.4 Å². The van der Waals surface area contributed by atoms with E-state index < -0.39 is 5.91 Å². The zero-order valence-electron chi connectivity index (χ0n) is 16.0.